The van der Waals surface area contributed by atoms with Gasteiger partial charge in [0.05, 0.1) is 6.04 Å². The first-order valence-corrected chi connectivity index (χ1v) is 4.95. The van der Waals surface area contributed by atoms with E-state index in [1.54, 1.807) is 11.3 Å². The van der Waals surface area contributed by atoms with Crippen LogP contribution in [0, 0.1) is 6.92 Å². The average molecular weight is 184 g/mol. The van der Waals surface area contributed by atoms with Crippen molar-refractivity contribution in [1.29, 1.82) is 0 Å². The number of nitrogens with two attached hydrogens (primary N) is 1. The van der Waals surface area contributed by atoms with E-state index in [-0.39, 0.29) is 0 Å². The maximum atomic E-state index is 5.70. The molecule has 0 aromatic carbocycles. The topological polar surface area (TPSA) is 29.3 Å². The number of thiophene rings is 1. The number of nitrogens with zero attached hydrogens (tertiary/aromatic N) is 1. The van der Waals surface area contributed by atoms with E-state index in [2.05, 4.69) is 37.4 Å². The van der Waals surface area contributed by atoms with E-state index in [1.807, 2.05) is 0 Å². The van der Waals surface area contributed by atoms with Crippen molar-refractivity contribution in [3.63, 3.8) is 0 Å². The molecule has 0 bridgehead atoms. The predicted octanol–water partition coefficient (Wildman–Crippen LogP) is 1.62. The lowest BCUT2D eigenvalue weighted by Gasteiger charge is -2.22. The average Bonchev–Trinajstić information content (AvgIpc) is 2.38. The fraction of sp³-hybridized carbons (Fsp3) is 0.556. The van der Waals surface area contributed by atoms with Gasteiger partial charge in [0.1, 0.15) is 0 Å². The van der Waals surface area contributed by atoms with Crippen molar-refractivity contribution in [2.45, 2.75) is 13.0 Å². The predicted molar refractivity (Wildman–Crippen MR) is 54.5 cm³/mol. The van der Waals surface area contributed by atoms with Crippen molar-refractivity contribution in [1.82, 2.24) is 4.90 Å². The molecule has 12 heavy (non-hydrogen) atoms. The number of hydrogen-bond acceptors (Lipinski definition) is 3. The van der Waals surface area contributed by atoms with Crippen LogP contribution >= 0.6 is 11.3 Å². The van der Waals surface area contributed by atoms with Gasteiger partial charge in [0.25, 0.3) is 0 Å². The molecule has 1 aromatic heterocycles. The van der Waals surface area contributed by atoms with E-state index in [0.29, 0.717) is 12.6 Å². The highest BCUT2D eigenvalue weighted by Crippen LogP contribution is 2.25. The van der Waals surface area contributed by atoms with Crippen molar-refractivity contribution in [2.75, 3.05) is 20.6 Å². The Morgan fingerprint density at radius 3 is 2.58 bits per heavy atom. The highest BCUT2D eigenvalue weighted by molar-refractivity contribution is 7.10. The second-order valence-electron chi connectivity index (χ2n) is 3.18. The molecule has 3 heteroatoms. The third-order valence-corrected chi connectivity index (χ3v) is 3.17. The summed E-state index contributed by atoms with van der Waals surface area (Å²) in [7, 11) is 4.13. The Balaban J connectivity index is 2.87. The molecule has 0 spiro atoms. The molecule has 1 rings (SSSR count). The number of rotatable bonds is 3. The van der Waals surface area contributed by atoms with E-state index >= 15 is 0 Å². The summed E-state index contributed by atoms with van der Waals surface area (Å²) in [6, 6.07) is 2.52. The van der Waals surface area contributed by atoms with Crippen LogP contribution in [0.4, 0.5) is 0 Å². The van der Waals surface area contributed by atoms with Gasteiger partial charge in [-0.25, -0.2) is 0 Å². The van der Waals surface area contributed by atoms with Gasteiger partial charge in [-0.3, -0.25) is 0 Å². The summed E-state index contributed by atoms with van der Waals surface area (Å²) in [5.41, 5.74) is 7.05. The van der Waals surface area contributed by atoms with Gasteiger partial charge in [0.15, 0.2) is 0 Å². The van der Waals surface area contributed by atoms with Gasteiger partial charge < -0.3 is 10.6 Å². The summed E-state index contributed by atoms with van der Waals surface area (Å²) in [6.07, 6.45) is 0. The third kappa shape index (κ3) is 1.86. The zero-order valence-electron chi connectivity index (χ0n) is 7.87. The molecule has 0 saturated heterocycles. The Labute approximate surface area is 78.0 Å². The SMILES string of the molecule is Cc1ccsc1[C@@H](CN)N(C)C. The maximum absolute atomic E-state index is 5.70. The second kappa shape index (κ2) is 4.03. The molecule has 1 heterocycles. The minimum atomic E-state index is 0.380. The van der Waals surface area contributed by atoms with Crippen LogP contribution in [0.5, 0.6) is 0 Å². The van der Waals surface area contributed by atoms with Crippen molar-refractivity contribution in [3.05, 3.63) is 21.9 Å². The van der Waals surface area contributed by atoms with Gasteiger partial charge >= 0.3 is 0 Å². The molecule has 0 aliphatic carbocycles. The van der Waals surface area contributed by atoms with Crippen LogP contribution in [0.25, 0.3) is 0 Å². The Kier molecular flexibility index (Phi) is 3.26. The van der Waals surface area contributed by atoms with Gasteiger partial charge in [-0.2, -0.15) is 0 Å². The summed E-state index contributed by atoms with van der Waals surface area (Å²) in [5.74, 6) is 0. The zero-order chi connectivity index (χ0) is 9.14. The van der Waals surface area contributed by atoms with Crippen molar-refractivity contribution in [3.8, 4) is 0 Å². The summed E-state index contributed by atoms with van der Waals surface area (Å²) >= 11 is 1.79. The summed E-state index contributed by atoms with van der Waals surface area (Å²) in [6.45, 7) is 2.83. The molecule has 1 atom stereocenters. The molecule has 0 radical (unpaired) electrons. The quantitative estimate of drug-likeness (QED) is 0.773. The van der Waals surface area contributed by atoms with Crippen LogP contribution in [0.3, 0.4) is 0 Å². The highest BCUT2D eigenvalue weighted by atomic mass is 32.1. The minimum Gasteiger partial charge on any atom is -0.329 e. The Hall–Kier alpha value is -0.380. The molecule has 1 aromatic rings. The Morgan fingerprint density at radius 1 is 1.58 bits per heavy atom. The first-order chi connectivity index (χ1) is 5.66. The molecular weight excluding hydrogens is 168 g/mol. The molecule has 0 amide bonds. The molecule has 2 nitrogen and oxygen atoms in total. The smallest absolute Gasteiger partial charge is 0.0562 e. The summed E-state index contributed by atoms with van der Waals surface area (Å²) in [4.78, 5) is 3.56. The molecule has 0 aliphatic rings. The number of likely N-dealkylation sites (N-methyl/N-ethyl adjacent to an activating group) is 1. The van der Waals surface area contributed by atoms with Gasteiger partial charge in [-0.15, -0.1) is 11.3 Å². The number of aryl methyl sites for hydroxylation is 1. The molecular formula is C9H16N2S. The molecule has 68 valence electrons. The first-order valence-electron chi connectivity index (χ1n) is 4.07. The van der Waals surface area contributed by atoms with Crippen LogP contribution in [0.15, 0.2) is 11.4 Å². The first kappa shape index (κ1) is 9.71. The largest absolute Gasteiger partial charge is 0.329 e. The van der Waals surface area contributed by atoms with E-state index in [4.69, 9.17) is 5.73 Å². The zero-order valence-corrected chi connectivity index (χ0v) is 8.69. The van der Waals surface area contributed by atoms with Crippen LogP contribution in [0.1, 0.15) is 16.5 Å². The van der Waals surface area contributed by atoms with Gasteiger partial charge in [0.2, 0.25) is 0 Å². The second-order valence-corrected chi connectivity index (χ2v) is 4.13. The van der Waals surface area contributed by atoms with Gasteiger partial charge in [-0.05, 0) is 38.0 Å². The van der Waals surface area contributed by atoms with Gasteiger partial charge in [-0.1, -0.05) is 0 Å². The van der Waals surface area contributed by atoms with E-state index in [1.165, 1.54) is 10.4 Å². The van der Waals surface area contributed by atoms with E-state index in [9.17, 15) is 0 Å². The Bertz CT molecular complexity index is 242. The highest BCUT2D eigenvalue weighted by Gasteiger charge is 2.14. The molecule has 0 unspecified atom stereocenters. The van der Waals surface area contributed by atoms with Crippen molar-refractivity contribution >= 4 is 11.3 Å². The van der Waals surface area contributed by atoms with Gasteiger partial charge in [0, 0.05) is 11.4 Å². The number of hydrogen-bond donors (Lipinski definition) is 1. The molecule has 0 aliphatic heterocycles. The van der Waals surface area contributed by atoms with Crippen LogP contribution in [-0.4, -0.2) is 25.5 Å². The molecule has 2 N–H and O–H groups in total. The van der Waals surface area contributed by atoms with E-state index < -0.39 is 0 Å². The lowest BCUT2D eigenvalue weighted by molar-refractivity contribution is 0.309. The summed E-state index contributed by atoms with van der Waals surface area (Å²) in [5, 5.41) is 2.12. The van der Waals surface area contributed by atoms with Crippen LogP contribution in [-0.2, 0) is 0 Å². The molecule has 0 saturated carbocycles. The van der Waals surface area contributed by atoms with Crippen LogP contribution < -0.4 is 5.73 Å². The fourth-order valence-electron chi connectivity index (χ4n) is 1.28. The standard InChI is InChI=1S/C9H16N2S/c1-7-4-5-12-9(7)8(6-10)11(2)3/h4-5,8H,6,10H2,1-3H3/t8-/m1/s1. The Morgan fingerprint density at radius 2 is 2.25 bits per heavy atom. The molecule has 0 fully saturated rings. The normalized spacial score (nSPS) is 13.8. The van der Waals surface area contributed by atoms with E-state index in [0.717, 1.165) is 0 Å². The van der Waals surface area contributed by atoms with Crippen molar-refractivity contribution < 1.29 is 0 Å². The van der Waals surface area contributed by atoms with Crippen molar-refractivity contribution in [2.24, 2.45) is 5.73 Å². The van der Waals surface area contributed by atoms with Crippen LogP contribution in [0.2, 0.25) is 0 Å². The lowest BCUT2D eigenvalue weighted by Crippen LogP contribution is -2.26. The summed E-state index contributed by atoms with van der Waals surface area (Å²) < 4.78 is 0. The maximum Gasteiger partial charge on any atom is 0.0562 e. The third-order valence-electron chi connectivity index (χ3n) is 2.05. The fourth-order valence-corrected chi connectivity index (χ4v) is 2.42. The minimum absolute atomic E-state index is 0.380. The lowest BCUT2D eigenvalue weighted by atomic mass is 10.1. The monoisotopic (exact) mass is 184 g/mol.